The van der Waals surface area contributed by atoms with Crippen LogP contribution >= 0.6 is 0 Å². The lowest BCUT2D eigenvalue weighted by Gasteiger charge is -2.32. The number of piperidine rings is 1. The first-order valence-corrected chi connectivity index (χ1v) is 11.2. The van der Waals surface area contributed by atoms with E-state index >= 15 is 0 Å². The molecule has 0 bridgehead atoms. The molecule has 1 aliphatic heterocycles. The molecule has 172 valence electrons. The lowest BCUT2D eigenvalue weighted by atomic mass is 10.1. The van der Waals surface area contributed by atoms with E-state index in [9.17, 15) is 4.79 Å². The molecule has 0 saturated carbocycles. The monoisotopic (exact) mass is 455 g/mol. The number of fused-ring (bicyclic) bond motifs is 1. The summed E-state index contributed by atoms with van der Waals surface area (Å²) in [5.74, 6) is 1.56. The number of anilines is 1. The Morgan fingerprint density at radius 3 is 2.76 bits per heavy atom. The smallest absolute Gasteiger partial charge is 0.246 e. The Morgan fingerprint density at radius 1 is 1.15 bits per heavy atom. The van der Waals surface area contributed by atoms with Crippen LogP contribution in [-0.2, 0) is 4.79 Å². The van der Waals surface area contributed by atoms with E-state index < -0.39 is 0 Å². The van der Waals surface area contributed by atoms with Crippen molar-refractivity contribution in [1.29, 1.82) is 0 Å². The Morgan fingerprint density at radius 2 is 2.00 bits per heavy atom. The summed E-state index contributed by atoms with van der Waals surface area (Å²) in [7, 11) is 0. The third-order valence-electron chi connectivity index (χ3n) is 5.86. The first-order valence-electron chi connectivity index (χ1n) is 11.2. The van der Waals surface area contributed by atoms with Crippen molar-refractivity contribution in [1.82, 2.24) is 29.6 Å². The van der Waals surface area contributed by atoms with Crippen LogP contribution in [0.4, 0.5) is 5.82 Å². The molecular formula is C25H25N7O2. The van der Waals surface area contributed by atoms with E-state index in [2.05, 4.69) is 15.0 Å². The van der Waals surface area contributed by atoms with Crippen LogP contribution in [-0.4, -0.2) is 48.6 Å². The number of benzene rings is 1. The van der Waals surface area contributed by atoms with Crippen LogP contribution in [0.2, 0.25) is 0 Å². The molecule has 9 heteroatoms. The molecule has 1 amide bonds. The number of likely N-dealkylation sites (tertiary alicyclic amines) is 1. The number of amides is 1. The van der Waals surface area contributed by atoms with Gasteiger partial charge in [-0.1, -0.05) is 24.3 Å². The van der Waals surface area contributed by atoms with Crippen molar-refractivity contribution >= 4 is 22.8 Å². The number of aromatic nitrogens is 5. The number of ether oxygens (including phenoxy) is 1. The number of nitrogens with two attached hydrogens (primary N) is 1. The average molecular weight is 456 g/mol. The first kappa shape index (κ1) is 21.6. The minimum atomic E-state index is -0.0119. The SMILES string of the molecule is CC=CC(=O)N1CCCC(n2nc(-c3ccc(Oc4ccccc4)nc3)c3c(N)ncnc32)C1. The van der Waals surface area contributed by atoms with Crippen molar-refractivity contribution in [3.05, 3.63) is 67.1 Å². The van der Waals surface area contributed by atoms with Crippen molar-refractivity contribution < 1.29 is 9.53 Å². The van der Waals surface area contributed by atoms with E-state index in [-0.39, 0.29) is 11.9 Å². The highest BCUT2D eigenvalue weighted by molar-refractivity contribution is 5.98. The van der Waals surface area contributed by atoms with E-state index in [4.69, 9.17) is 15.6 Å². The molecule has 34 heavy (non-hydrogen) atoms. The fourth-order valence-electron chi connectivity index (χ4n) is 4.24. The molecule has 9 nitrogen and oxygen atoms in total. The van der Waals surface area contributed by atoms with Gasteiger partial charge in [0.15, 0.2) is 5.65 Å². The lowest BCUT2D eigenvalue weighted by molar-refractivity contribution is -0.127. The minimum Gasteiger partial charge on any atom is -0.439 e. The molecule has 1 fully saturated rings. The summed E-state index contributed by atoms with van der Waals surface area (Å²) in [6.07, 6.45) is 8.29. The van der Waals surface area contributed by atoms with Crippen LogP contribution in [0.1, 0.15) is 25.8 Å². The number of para-hydroxylation sites is 1. The quantitative estimate of drug-likeness (QED) is 0.453. The molecule has 1 saturated heterocycles. The summed E-state index contributed by atoms with van der Waals surface area (Å²) in [5, 5.41) is 5.57. The molecule has 4 heterocycles. The van der Waals surface area contributed by atoms with Crippen molar-refractivity contribution in [3.8, 4) is 22.9 Å². The Balaban J connectivity index is 1.49. The Labute approximate surface area is 196 Å². The predicted octanol–water partition coefficient (Wildman–Crippen LogP) is 4.00. The highest BCUT2D eigenvalue weighted by Crippen LogP contribution is 2.34. The zero-order valence-corrected chi connectivity index (χ0v) is 18.8. The maximum Gasteiger partial charge on any atom is 0.246 e. The van der Waals surface area contributed by atoms with Gasteiger partial charge in [-0.15, -0.1) is 0 Å². The normalized spacial score (nSPS) is 16.3. The molecule has 3 aromatic heterocycles. The van der Waals surface area contributed by atoms with Crippen molar-refractivity contribution in [2.45, 2.75) is 25.8 Å². The largest absolute Gasteiger partial charge is 0.439 e. The molecule has 0 aliphatic carbocycles. The van der Waals surface area contributed by atoms with Crippen LogP contribution in [0.5, 0.6) is 11.6 Å². The number of allylic oxidation sites excluding steroid dienone is 1. The number of nitrogen functional groups attached to an aromatic ring is 1. The third kappa shape index (κ3) is 4.19. The van der Waals surface area contributed by atoms with Gasteiger partial charge in [0.05, 0.1) is 11.4 Å². The molecule has 4 aromatic rings. The summed E-state index contributed by atoms with van der Waals surface area (Å²) in [6, 6.07) is 13.2. The predicted molar refractivity (Wildman–Crippen MR) is 129 cm³/mol. The van der Waals surface area contributed by atoms with Crippen LogP contribution in [0.3, 0.4) is 0 Å². The van der Waals surface area contributed by atoms with Gasteiger partial charge < -0.3 is 15.4 Å². The topological polar surface area (TPSA) is 112 Å². The maximum atomic E-state index is 12.4. The summed E-state index contributed by atoms with van der Waals surface area (Å²) >= 11 is 0. The second kappa shape index (κ2) is 9.30. The third-order valence-corrected chi connectivity index (χ3v) is 5.86. The van der Waals surface area contributed by atoms with Crippen LogP contribution in [0, 0.1) is 0 Å². The van der Waals surface area contributed by atoms with E-state index in [1.807, 2.05) is 52.9 Å². The molecular weight excluding hydrogens is 430 g/mol. The van der Waals surface area contributed by atoms with E-state index in [1.54, 1.807) is 24.4 Å². The number of pyridine rings is 1. The van der Waals surface area contributed by atoms with Gasteiger partial charge in [0.25, 0.3) is 0 Å². The van der Waals surface area contributed by atoms with E-state index in [0.29, 0.717) is 40.7 Å². The average Bonchev–Trinajstić information content (AvgIpc) is 3.26. The highest BCUT2D eigenvalue weighted by Gasteiger charge is 2.28. The van der Waals surface area contributed by atoms with E-state index in [0.717, 1.165) is 24.9 Å². The molecule has 1 aromatic carbocycles. The summed E-state index contributed by atoms with van der Waals surface area (Å²) in [6.45, 7) is 3.14. The first-order chi connectivity index (χ1) is 16.6. The molecule has 5 rings (SSSR count). The van der Waals surface area contributed by atoms with Gasteiger partial charge in [0.1, 0.15) is 23.6 Å². The van der Waals surface area contributed by atoms with Gasteiger partial charge in [-0.3, -0.25) is 4.79 Å². The molecule has 2 N–H and O–H groups in total. The van der Waals surface area contributed by atoms with Gasteiger partial charge in [-0.25, -0.2) is 19.6 Å². The van der Waals surface area contributed by atoms with Crippen LogP contribution in [0.25, 0.3) is 22.3 Å². The van der Waals surface area contributed by atoms with Crippen LogP contribution in [0.15, 0.2) is 67.1 Å². The number of carbonyl (C=O) groups excluding carboxylic acids is 1. The second-order valence-electron chi connectivity index (χ2n) is 8.13. The van der Waals surface area contributed by atoms with E-state index in [1.165, 1.54) is 6.33 Å². The van der Waals surface area contributed by atoms with Gasteiger partial charge >= 0.3 is 0 Å². The second-order valence-corrected chi connectivity index (χ2v) is 8.13. The standard InChI is InChI=1S/C25H25N7O2/c1-2-7-21(33)31-13-6-8-18(15-31)32-25-22(24(26)28-16-29-25)23(30-32)17-11-12-20(27-14-17)34-19-9-4-3-5-10-19/h2-5,7,9-12,14,16,18H,6,8,13,15H2,1H3,(H2,26,28,29). The van der Waals surface area contributed by atoms with Crippen molar-refractivity contribution in [3.63, 3.8) is 0 Å². The van der Waals surface area contributed by atoms with Crippen molar-refractivity contribution in [2.75, 3.05) is 18.8 Å². The number of nitrogens with zero attached hydrogens (tertiary/aromatic N) is 6. The molecule has 1 aliphatic rings. The molecule has 1 unspecified atom stereocenters. The summed E-state index contributed by atoms with van der Waals surface area (Å²) < 4.78 is 7.69. The molecule has 1 atom stereocenters. The Hall–Kier alpha value is -4.27. The van der Waals surface area contributed by atoms with Crippen LogP contribution < -0.4 is 10.5 Å². The number of hydrogen-bond donors (Lipinski definition) is 1. The van der Waals surface area contributed by atoms with Gasteiger partial charge in [0, 0.05) is 30.9 Å². The van der Waals surface area contributed by atoms with Crippen molar-refractivity contribution in [2.24, 2.45) is 0 Å². The zero-order chi connectivity index (χ0) is 23.5. The fraction of sp³-hybridized carbons (Fsp3) is 0.240. The number of carbonyl (C=O) groups is 1. The van der Waals surface area contributed by atoms with Gasteiger partial charge in [0.2, 0.25) is 11.8 Å². The Kier molecular flexibility index (Phi) is 5.90. The number of hydrogen-bond acceptors (Lipinski definition) is 7. The lowest BCUT2D eigenvalue weighted by Crippen LogP contribution is -2.40. The Bertz CT molecular complexity index is 1330. The molecule has 0 spiro atoms. The van der Waals surface area contributed by atoms with Gasteiger partial charge in [-0.2, -0.15) is 5.10 Å². The maximum absolute atomic E-state index is 12.4. The minimum absolute atomic E-state index is 0.0104. The van der Waals surface area contributed by atoms with Gasteiger partial charge in [-0.05, 0) is 44.0 Å². The fourth-order valence-corrected chi connectivity index (χ4v) is 4.24. The molecule has 0 radical (unpaired) electrons. The summed E-state index contributed by atoms with van der Waals surface area (Å²) in [4.78, 5) is 27.4. The summed E-state index contributed by atoms with van der Waals surface area (Å²) in [5.41, 5.74) is 8.35. The zero-order valence-electron chi connectivity index (χ0n) is 18.8. The number of rotatable bonds is 5. The highest BCUT2D eigenvalue weighted by atomic mass is 16.5.